The highest BCUT2D eigenvalue weighted by Gasteiger charge is 2.27. The number of halogens is 2. The second-order valence-electron chi connectivity index (χ2n) is 7.56. The molecule has 30 heavy (non-hydrogen) atoms. The molecule has 2 heterocycles. The van der Waals surface area contributed by atoms with Crippen molar-refractivity contribution in [3.63, 3.8) is 0 Å². The number of rotatable bonds is 4. The summed E-state index contributed by atoms with van der Waals surface area (Å²) in [6, 6.07) is 10.3. The average Bonchev–Trinajstić information content (AvgIpc) is 3.01. The van der Waals surface area contributed by atoms with Crippen LogP contribution in [-0.2, 0) is 11.8 Å². The molecular weight excluding hydrogens is 409 g/mol. The number of amides is 1. The number of nitrogens with zero attached hydrogens (tertiary/aromatic N) is 3. The topological polar surface area (TPSA) is 73.4 Å². The zero-order valence-corrected chi connectivity index (χ0v) is 17.5. The summed E-state index contributed by atoms with van der Waals surface area (Å²) in [6.45, 7) is 3.93. The van der Waals surface area contributed by atoms with Crippen molar-refractivity contribution in [2.45, 2.75) is 13.0 Å². The van der Waals surface area contributed by atoms with Crippen LogP contribution in [0.3, 0.4) is 0 Å². The van der Waals surface area contributed by atoms with Crippen LogP contribution in [0.25, 0.3) is 11.0 Å². The number of hydrogen-bond acceptors (Lipinski definition) is 4. The monoisotopic (exact) mass is 431 g/mol. The predicted molar refractivity (Wildman–Crippen MR) is 117 cm³/mol. The van der Waals surface area contributed by atoms with Crippen LogP contribution in [0.5, 0.6) is 0 Å². The summed E-state index contributed by atoms with van der Waals surface area (Å²) in [7, 11) is 1.70. The van der Waals surface area contributed by atoms with Crippen LogP contribution >= 0.6 is 11.6 Å². The highest BCUT2D eigenvalue weighted by Crippen LogP contribution is 2.24. The van der Waals surface area contributed by atoms with Crippen molar-refractivity contribution in [1.82, 2.24) is 14.5 Å². The van der Waals surface area contributed by atoms with Crippen molar-refractivity contribution in [3.8, 4) is 0 Å². The molecule has 7 nitrogen and oxygen atoms in total. The van der Waals surface area contributed by atoms with Gasteiger partial charge in [0.25, 0.3) is 0 Å². The summed E-state index contributed by atoms with van der Waals surface area (Å²) in [5.74, 6) is -0.450. The predicted octanol–water partition coefficient (Wildman–Crippen LogP) is 2.81. The van der Waals surface area contributed by atoms with Gasteiger partial charge in [-0.2, -0.15) is 0 Å². The lowest BCUT2D eigenvalue weighted by Gasteiger charge is -2.41. The van der Waals surface area contributed by atoms with E-state index >= 15 is 0 Å². The number of fused-ring (bicyclic) bond motifs is 1. The summed E-state index contributed by atoms with van der Waals surface area (Å²) in [5, 5.41) is 3.25. The quantitative estimate of drug-likeness (QED) is 0.666. The zero-order valence-electron chi connectivity index (χ0n) is 16.8. The molecular formula is C21H23ClFN5O2. The van der Waals surface area contributed by atoms with Gasteiger partial charge in [-0.25, -0.2) is 9.18 Å². The highest BCUT2D eigenvalue weighted by molar-refractivity contribution is 6.30. The maximum Gasteiger partial charge on any atom is 0.326 e. The van der Waals surface area contributed by atoms with Gasteiger partial charge in [0.1, 0.15) is 5.82 Å². The lowest BCUT2D eigenvalue weighted by Crippen LogP contribution is -2.55. The molecule has 0 saturated carbocycles. The van der Waals surface area contributed by atoms with Crippen LogP contribution in [0, 0.1) is 5.82 Å². The lowest BCUT2D eigenvalue weighted by molar-refractivity contribution is -0.131. The maximum atomic E-state index is 13.8. The molecule has 0 spiro atoms. The smallest absolute Gasteiger partial charge is 0.326 e. The van der Waals surface area contributed by atoms with E-state index in [4.69, 9.17) is 11.6 Å². The second kappa shape index (κ2) is 8.02. The number of aromatic amines is 1. The van der Waals surface area contributed by atoms with E-state index in [-0.39, 0.29) is 29.2 Å². The Labute approximate surface area is 178 Å². The minimum absolute atomic E-state index is 0.00695. The number of hydrogen-bond donors (Lipinski definition) is 2. The molecule has 0 radical (unpaired) electrons. The number of nitrogens with one attached hydrogen (secondary N) is 2. The number of H-pyrrole nitrogens is 1. The first kappa shape index (κ1) is 20.3. The molecule has 3 aromatic rings. The molecule has 0 unspecified atom stereocenters. The number of piperazine rings is 1. The van der Waals surface area contributed by atoms with Crippen LogP contribution in [0.15, 0.2) is 41.2 Å². The fourth-order valence-electron chi connectivity index (χ4n) is 3.86. The molecule has 1 atom stereocenters. The van der Waals surface area contributed by atoms with Crippen molar-refractivity contribution < 1.29 is 9.18 Å². The highest BCUT2D eigenvalue weighted by atomic mass is 35.5. The van der Waals surface area contributed by atoms with Crippen molar-refractivity contribution in [3.05, 3.63) is 57.7 Å². The molecule has 4 rings (SSSR count). The Bertz CT molecular complexity index is 1160. The Kier molecular flexibility index (Phi) is 5.42. The minimum Gasteiger partial charge on any atom is -0.376 e. The van der Waals surface area contributed by atoms with Crippen molar-refractivity contribution >= 4 is 39.9 Å². The average molecular weight is 432 g/mol. The standard InChI is InChI=1S/C21H23ClFN5O2/c1-13-12-27(15-4-5-16(22)17(23)10-15)7-8-28(13)20(29)11-24-14-3-6-18-19(9-14)26(2)21(30)25-18/h3-6,9-10,13,24H,7-8,11-12H2,1-2H3,(H,25,30)/t13-/m1/s1. The van der Waals surface area contributed by atoms with Gasteiger partial charge in [-0.15, -0.1) is 0 Å². The number of aromatic nitrogens is 2. The third-order valence-corrected chi connectivity index (χ3v) is 5.87. The Morgan fingerprint density at radius 1 is 1.27 bits per heavy atom. The Morgan fingerprint density at radius 3 is 2.80 bits per heavy atom. The molecule has 9 heteroatoms. The molecule has 1 aromatic heterocycles. The maximum absolute atomic E-state index is 13.8. The number of aryl methyl sites for hydroxylation is 1. The third-order valence-electron chi connectivity index (χ3n) is 5.57. The van der Waals surface area contributed by atoms with Gasteiger partial charge in [-0.05, 0) is 43.3 Å². The third kappa shape index (κ3) is 3.87. The molecule has 1 saturated heterocycles. The molecule has 0 bridgehead atoms. The molecule has 1 aliphatic heterocycles. The number of carbonyl (C=O) groups excluding carboxylic acids is 1. The molecule has 2 N–H and O–H groups in total. The van der Waals surface area contributed by atoms with E-state index in [9.17, 15) is 14.0 Å². The first-order valence-corrected chi connectivity index (χ1v) is 10.1. The Hall–Kier alpha value is -3.00. The van der Waals surface area contributed by atoms with E-state index in [1.807, 2.05) is 30.0 Å². The number of imidazole rings is 1. The van der Waals surface area contributed by atoms with Crippen LogP contribution in [0.2, 0.25) is 5.02 Å². The Morgan fingerprint density at radius 2 is 2.07 bits per heavy atom. The van der Waals surface area contributed by atoms with E-state index in [0.717, 1.165) is 22.4 Å². The van der Waals surface area contributed by atoms with Gasteiger partial charge in [0.2, 0.25) is 5.91 Å². The van der Waals surface area contributed by atoms with Crippen molar-refractivity contribution in [2.24, 2.45) is 7.05 Å². The molecule has 2 aromatic carbocycles. The van der Waals surface area contributed by atoms with Crippen molar-refractivity contribution in [1.29, 1.82) is 0 Å². The first-order chi connectivity index (χ1) is 14.3. The van der Waals surface area contributed by atoms with Gasteiger partial charge >= 0.3 is 5.69 Å². The second-order valence-corrected chi connectivity index (χ2v) is 7.96. The SMILES string of the molecule is C[C@@H]1CN(c2ccc(Cl)c(F)c2)CCN1C(=O)CNc1ccc2[nH]c(=O)n(C)c2c1. The van der Waals surface area contributed by atoms with Crippen molar-refractivity contribution in [2.75, 3.05) is 36.4 Å². The summed E-state index contributed by atoms with van der Waals surface area (Å²) in [5.41, 5.74) is 2.88. The van der Waals surface area contributed by atoms with Crippen LogP contribution in [0.1, 0.15) is 6.92 Å². The minimum atomic E-state index is -0.443. The van der Waals surface area contributed by atoms with Gasteiger partial charge in [0.05, 0.1) is 22.6 Å². The zero-order chi connectivity index (χ0) is 21.4. The number of anilines is 2. The van der Waals surface area contributed by atoms with E-state index in [0.29, 0.717) is 19.6 Å². The van der Waals surface area contributed by atoms with Crippen LogP contribution in [-0.4, -0.2) is 52.6 Å². The number of benzene rings is 2. The fraction of sp³-hybridized carbons (Fsp3) is 0.333. The van der Waals surface area contributed by atoms with E-state index in [1.54, 1.807) is 19.2 Å². The molecule has 1 amide bonds. The van der Waals surface area contributed by atoms with Gasteiger partial charge in [-0.3, -0.25) is 9.36 Å². The summed E-state index contributed by atoms with van der Waals surface area (Å²) in [6.07, 6.45) is 0. The summed E-state index contributed by atoms with van der Waals surface area (Å²) in [4.78, 5) is 31.1. The molecule has 158 valence electrons. The van der Waals surface area contributed by atoms with E-state index < -0.39 is 5.82 Å². The van der Waals surface area contributed by atoms with Gasteiger partial charge in [0.15, 0.2) is 0 Å². The first-order valence-electron chi connectivity index (χ1n) is 9.75. The fourth-order valence-corrected chi connectivity index (χ4v) is 3.97. The number of carbonyl (C=O) groups is 1. The van der Waals surface area contributed by atoms with Crippen LogP contribution < -0.4 is 15.9 Å². The largest absolute Gasteiger partial charge is 0.376 e. The van der Waals surface area contributed by atoms with E-state index in [2.05, 4.69) is 15.2 Å². The van der Waals surface area contributed by atoms with E-state index in [1.165, 1.54) is 10.6 Å². The molecule has 1 aliphatic rings. The molecule has 0 aliphatic carbocycles. The van der Waals surface area contributed by atoms with Gasteiger partial charge in [-0.1, -0.05) is 11.6 Å². The summed E-state index contributed by atoms with van der Waals surface area (Å²) >= 11 is 5.77. The van der Waals surface area contributed by atoms with Crippen LogP contribution in [0.4, 0.5) is 15.8 Å². The van der Waals surface area contributed by atoms with Gasteiger partial charge in [0, 0.05) is 44.1 Å². The van der Waals surface area contributed by atoms with Gasteiger partial charge < -0.3 is 20.1 Å². The lowest BCUT2D eigenvalue weighted by atomic mass is 10.1. The normalized spacial score (nSPS) is 16.9. The Balaban J connectivity index is 1.38. The molecule has 1 fully saturated rings. The summed E-state index contributed by atoms with van der Waals surface area (Å²) < 4.78 is 15.3.